The summed E-state index contributed by atoms with van der Waals surface area (Å²) in [7, 11) is 0. The summed E-state index contributed by atoms with van der Waals surface area (Å²) in [5, 5.41) is 1.83. The Labute approximate surface area is 130 Å². The van der Waals surface area contributed by atoms with E-state index in [0.717, 1.165) is 25.4 Å². The van der Waals surface area contributed by atoms with E-state index in [1.165, 1.54) is 43.4 Å². The van der Waals surface area contributed by atoms with E-state index in [-0.39, 0.29) is 11.7 Å². The Morgan fingerprint density at radius 1 is 1.14 bits per heavy atom. The van der Waals surface area contributed by atoms with Gasteiger partial charge >= 0.3 is 0 Å². The van der Waals surface area contributed by atoms with Gasteiger partial charge in [0.2, 0.25) is 0 Å². The quantitative estimate of drug-likeness (QED) is 0.792. The smallest absolute Gasteiger partial charge is 0.254 e. The van der Waals surface area contributed by atoms with Crippen LogP contribution >= 0.6 is 11.3 Å². The molecule has 2 fully saturated rings. The van der Waals surface area contributed by atoms with Crippen molar-refractivity contribution in [1.82, 2.24) is 4.90 Å². The Balaban J connectivity index is 1.62. The van der Waals surface area contributed by atoms with Crippen molar-refractivity contribution in [1.29, 1.82) is 0 Å². The number of Topliss-reactive ketones (excluding diaryl/α,β-unsaturated/α-hetero) is 1. The molecule has 0 radical (unpaired) electrons. The average Bonchev–Trinajstić information content (AvgIpc) is 3.17. The molecule has 1 aliphatic heterocycles. The Hall–Kier alpha value is -1.16. The van der Waals surface area contributed by atoms with E-state index in [1.54, 1.807) is 13.0 Å². The number of likely N-dealkylation sites (tertiary alicyclic amines) is 1. The number of nitrogens with zero attached hydrogens (tertiary/aromatic N) is 1. The molecule has 0 unspecified atom stereocenters. The average molecular weight is 305 g/mol. The third kappa shape index (κ3) is 3.20. The largest absolute Gasteiger partial charge is 0.338 e. The summed E-state index contributed by atoms with van der Waals surface area (Å²) in [5.41, 5.74) is 0.689. The standard InChI is InChI=1S/C17H23NO2S/c1-12(19)16-9-15(11-21-16)17(20)18-8-7-14(10-18)13-5-3-2-4-6-13/h9,11,13-14H,2-8,10H2,1H3/t14-/m0/s1. The summed E-state index contributed by atoms with van der Waals surface area (Å²) >= 11 is 1.38. The van der Waals surface area contributed by atoms with Crippen LogP contribution in [0, 0.1) is 11.8 Å². The summed E-state index contributed by atoms with van der Waals surface area (Å²) < 4.78 is 0. The van der Waals surface area contributed by atoms with Gasteiger partial charge in [0, 0.05) is 18.5 Å². The fraction of sp³-hybridized carbons (Fsp3) is 0.647. The van der Waals surface area contributed by atoms with Crippen LogP contribution in [0.25, 0.3) is 0 Å². The Morgan fingerprint density at radius 3 is 2.57 bits per heavy atom. The maximum absolute atomic E-state index is 12.5. The zero-order valence-electron chi connectivity index (χ0n) is 12.6. The van der Waals surface area contributed by atoms with Crippen molar-refractivity contribution in [3.8, 4) is 0 Å². The first-order valence-electron chi connectivity index (χ1n) is 8.04. The first-order valence-corrected chi connectivity index (χ1v) is 8.92. The highest BCUT2D eigenvalue weighted by Gasteiger charge is 2.33. The van der Waals surface area contributed by atoms with Crippen molar-refractivity contribution in [3.63, 3.8) is 0 Å². The number of ketones is 1. The molecule has 4 heteroatoms. The Morgan fingerprint density at radius 2 is 1.90 bits per heavy atom. The normalized spacial score (nSPS) is 23.5. The summed E-state index contributed by atoms with van der Waals surface area (Å²) in [5.74, 6) is 1.67. The van der Waals surface area contributed by atoms with Gasteiger partial charge in [-0.1, -0.05) is 32.1 Å². The number of thiophene rings is 1. The van der Waals surface area contributed by atoms with Gasteiger partial charge in [0.15, 0.2) is 5.78 Å². The molecule has 2 aliphatic rings. The number of carbonyl (C=O) groups is 2. The van der Waals surface area contributed by atoms with Crippen LogP contribution in [0.2, 0.25) is 0 Å². The predicted molar refractivity (Wildman–Crippen MR) is 84.9 cm³/mol. The van der Waals surface area contributed by atoms with Gasteiger partial charge in [-0.3, -0.25) is 9.59 Å². The van der Waals surface area contributed by atoms with Crippen LogP contribution < -0.4 is 0 Å². The summed E-state index contributed by atoms with van der Waals surface area (Å²) in [6.45, 7) is 3.34. The highest BCUT2D eigenvalue weighted by molar-refractivity contribution is 7.12. The second-order valence-electron chi connectivity index (χ2n) is 6.45. The van der Waals surface area contributed by atoms with E-state index in [2.05, 4.69) is 0 Å². The van der Waals surface area contributed by atoms with Crippen LogP contribution in [0.3, 0.4) is 0 Å². The monoisotopic (exact) mass is 305 g/mol. The first kappa shape index (κ1) is 14.8. The molecule has 0 N–H and O–H groups in total. The number of rotatable bonds is 3. The Bertz CT molecular complexity index is 531. The summed E-state index contributed by atoms with van der Waals surface area (Å²) in [6.07, 6.45) is 7.96. The summed E-state index contributed by atoms with van der Waals surface area (Å²) in [4.78, 5) is 26.6. The highest BCUT2D eigenvalue weighted by Crippen LogP contribution is 2.35. The molecule has 0 aromatic carbocycles. The van der Waals surface area contributed by atoms with Gasteiger partial charge in [-0.15, -0.1) is 11.3 Å². The molecule has 1 amide bonds. The minimum Gasteiger partial charge on any atom is -0.338 e. The van der Waals surface area contributed by atoms with Crippen LogP contribution in [-0.2, 0) is 0 Å². The molecule has 0 bridgehead atoms. The third-order valence-electron chi connectivity index (χ3n) is 5.02. The molecule has 1 aliphatic carbocycles. The second kappa shape index (κ2) is 6.30. The lowest BCUT2D eigenvalue weighted by atomic mass is 9.80. The number of amides is 1. The SMILES string of the molecule is CC(=O)c1cc(C(=O)N2CC[C@H](C3CCCCC3)C2)cs1. The van der Waals surface area contributed by atoms with E-state index in [0.29, 0.717) is 16.4 Å². The number of hydrogen-bond acceptors (Lipinski definition) is 3. The van der Waals surface area contributed by atoms with Gasteiger partial charge in [0.05, 0.1) is 10.4 Å². The topological polar surface area (TPSA) is 37.4 Å². The molecule has 1 saturated heterocycles. The van der Waals surface area contributed by atoms with Gasteiger partial charge < -0.3 is 4.90 Å². The molecule has 1 atom stereocenters. The zero-order valence-corrected chi connectivity index (χ0v) is 13.5. The third-order valence-corrected chi connectivity index (χ3v) is 6.05. The van der Waals surface area contributed by atoms with Crippen LogP contribution in [0.4, 0.5) is 0 Å². The van der Waals surface area contributed by atoms with Gasteiger partial charge in [-0.2, -0.15) is 0 Å². The highest BCUT2D eigenvalue weighted by atomic mass is 32.1. The van der Waals surface area contributed by atoms with Crippen molar-refractivity contribution in [2.45, 2.75) is 45.4 Å². The molecule has 0 spiro atoms. The van der Waals surface area contributed by atoms with Gasteiger partial charge in [0.25, 0.3) is 5.91 Å². The van der Waals surface area contributed by atoms with Crippen LogP contribution in [-0.4, -0.2) is 29.7 Å². The first-order chi connectivity index (χ1) is 10.1. The van der Waals surface area contributed by atoms with E-state index >= 15 is 0 Å². The van der Waals surface area contributed by atoms with Gasteiger partial charge in [0.1, 0.15) is 0 Å². The summed E-state index contributed by atoms with van der Waals surface area (Å²) in [6, 6.07) is 1.75. The lowest BCUT2D eigenvalue weighted by Gasteiger charge is -2.27. The van der Waals surface area contributed by atoms with E-state index in [1.807, 2.05) is 10.3 Å². The van der Waals surface area contributed by atoms with E-state index in [9.17, 15) is 9.59 Å². The van der Waals surface area contributed by atoms with Crippen molar-refractivity contribution in [3.05, 3.63) is 21.9 Å². The molecule has 2 heterocycles. The van der Waals surface area contributed by atoms with Crippen molar-refractivity contribution in [2.24, 2.45) is 11.8 Å². The minimum atomic E-state index is 0.0422. The Kier molecular flexibility index (Phi) is 4.43. The fourth-order valence-corrected chi connectivity index (χ4v) is 4.56. The van der Waals surface area contributed by atoms with Gasteiger partial charge in [-0.05, 0) is 31.2 Å². The molecular weight excluding hydrogens is 282 g/mol. The van der Waals surface area contributed by atoms with Crippen molar-refractivity contribution >= 4 is 23.0 Å². The maximum atomic E-state index is 12.5. The predicted octanol–water partition coefficient (Wildman–Crippen LogP) is 3.99. The molecule has 1 aromatic rings. The van der Waals surface area contributed by atoms with Crippen LogP contribution in [0.5, 0.6) is 0 Å². The van der Waals surface area contributed by atoms with E-state index in [4.69, 9.17) is 0 Å². The molecular formula is C17H23NO2S. The lowest BCUT2D eigenvalue weighted by Crippen LogP contribution is -2.30. The molecule has 114 valence electrons. The molecule has 1 aromatic heterocycles. The van der Waals surface area contributed by atoms with Crippen molar-refractivity contribution in [2.75, 3.05) is 13.1 Å². The molecule has 21 heavy (non-hydrogen) atoms. The molecule has 3 rings (SSSR count). The molecule has 3 nitrogen and oxygen atoms in total. The van der Waals surface area contributed by atoms with Crippen molar-refractivity contribution < 1.29 is 9.59 Å². The van der Waals surface area contributed by atoms with E-state index < -0.39 is 0 Å². The zero-order chi connectivity index (χ0) is 14.8. The van der Waals surface area contributed by atoms with Gasteiger partial charge in [-0.25, -0.2) is 0 Å². The second-order valence-corrected chi connectivity index (χ2v) is 7.37. The number of carbonyl (C=O) groups excluding carboxylic acids is 2. The minimum absolute atomic E-state index is 0.0422. The number of hydrogen-bond donors (Lipinski definition) is 0. The van der Waals surface area contributed by atoms with Crippen LogP contribution in [0.1, 0.15) is 65.5 Å². The van der Waals surface area contributed by atoms with Crippen LogP contribution in [0.15, 0.2) is 11.4 Å². The molecule has 1 saturated carbocycles. The maximum Gasteiger partial charge on any atom is 0.254 e. The lowest BCUT2D eigenvalue weighted by molar-refractivity contribution is 0.0780. The fourth-order valence-electron chi connectivity index (χ4n) is 3.78.